The zero-order valence-corrected chi connectivity index (χ0v) is 12.5. The van der Waals surface area contributed by atoms with E-state index in [1.54, 1.807) is 10.9 Å². The van der Waals surface area contributed by atoms with Gasteiger partial charge in [0.25, 0.3) is 0 Å². The van der Waals surface area contributed by atoms with Crippen molar-refractivity contribution in [2.75, 3.05) is 14.1 Å². The van der Waals surface area contributed by atoms with Crippen molar-refractivity contribution in [2.45, 2.75) is 19.8 Å². The lowest BCUT2D eigenvalue weighted by molar-refractivity contribution is -0.113. The van der Waals surface area contributed by atoms with Crippen molar-refractivity contribution < 1.29 is 4.79 Å². The number of hydrogen-bond acceptors (Lipinski definition) is 5. The summed E-state index contributed by atoms with van der Waals surface area (Å²) in [7, 11) is 3.74. The molecule has 0 atom stereocenters. The van der Waals surface area contributed by atoms with Gasteiger partial charge < -0.3 is 4.90 Å². The summed E-state index contributed by atoms with van der Waals surface area (Å²) in [5.41, 5.74) is 1.35. The zero-order chi connectivity index (χ0) is 15.2. The summed E-state index contributed by atoms with van der Waals surface area (Å²) in [6, 6.07) is 9.54. The first kappa shape index (κ1) is 14.9. The van der Waals surface area contributed by atoms with Crippen molar-refractivity contribution in [3.63, 3.8) is 0 Å². The number of hydrogen-bond donors (Lipinski definition) is 0. The summed E-state index contributed by atoms with van der Waals surface area (Å²) in [6.45, 7) is 1.98. The van der Waals surface area contributed by atoms with Crippen LogP contribution in [0.5, 0.6) is 0 Å². The van der Waals surface area contributed by atoms with Crippen LogP contribution in [0.1, 0.15) is 25.6 Å². The Balaban J connectivity index is 2.48. The van der Waals surface area contributed by atoms with E-state index in [1.807, 2.05) is 56.3 Å². The lowest BCUT2D eigenvalue weighted by Gasteiger charge is -2.11. The number of ketones is 1. The molecule has 2 rings (SSSR count). The second-order valence-electron chi connectivity index (χ2n) is 4.93. The maximum Gasteiger partial charge on any atom is 0.192 e. The van der Waals surface area contributed by atoms with Gasteiger partial charge in [0.05, 0.1) is 11.3 Å². The largest absolute Gasteiger partial charge is 0.383 e. The van der Waals surface area contributed by atoms with Crippen molar-refractivity contribution >= 4 is 11.4 Å². The first-order valence-corrected chi connectivity index (χ1v) is 6.89. The minimum Gasteiger partial charge on any atom is -0.383 e. The number of Topliss-reactive ketones (excluding diaryl/α,β-unsaturated/α-hetero) is 1. The number of tetrazole rings is 1. The number of carbonyl (C=O) groups is 1. The van der Waals surface area contributed by atoms with Crippen LogP contribution >= 0.6 is 0 Å². The van der Waals surface area contributed by atoms with Crippen molar-refractivity contribution in [1.29, 1.82) is 0 Å². The Hall–Kier alpha value is -2.50. The van der Waals surface area contributed by atoms with Gasteiger partial charge in [0.2, 0.25) is 0 Å². The van der Waals surface area contributed by atoms with E-state index in [0.29, 0.717) is 17.8 Å². The third kappa shape index (κ3) is 3.53. The molecule has 2 aromatic rings. The third-order valence-corrected chi connectivity index (χ3v) is 2.88. The highest BCUT2D eigenvalue weighted by molar-refractivity contribution is 6.19. The second kappa shape index (κ2) is 6.78. The van der Waals surface area contributed by atoms with E-state index in [1.165, 1.54) is 0 Å². The van der Waals surface area contributed by atoms with Crippen LogP contribution in [-0.2, 0) is 4.79 Å². The minimum absolute atomic E-state index is 0.0400. The molecule has 0 unspecified atom stereocenters. The van der Waals surface area contributed by atoms with Crippen molar-refractivity contribution in [1.82, 2.24) is 25.1 Å². The molecular formula is C15H19N5O. The monoisotopic (exact) mass is 285 g/mol. The van der Waals surface area contributed by atoms with E-state index in [4.69, 9.17) is 0 Å². The van der Waals surface area contributed by atoms with Crippen LogP contribution < -0.4 is 0 Å². The van der Waals surface area contributed by atoms with Gasteiger partial charge in [-0.3, -0.25) is 4.79 Å². The SMILES string of the molecule is CCCC(=O)/C(=C\N(C)C)c1nnnn1-c1ccccc1. The molecule has 0 radical (unpaired) electrons. The number of carbonyl (C=O) groups excluding carboxylic acids is 1. The molecule has 0 amide bonds. The van der Waals surface area contributed by atoms with Crippen LogP contribution in [0.2, 0.25) is 0 Å². The van der Waals surface area contributed by atoms with Gasteiger partial charge in [-0.2, -0.15) is 4.68 Å². The minimum atomic E-state index is 0.0400. The molecule has 0 bridgehead atoms. The maximum atomic E-state index is 12.4. The molecule has 21 heavy (non-hydrogen) atoms. The van der Waals surface area contributed by atoms with Crippen LogP contribution in [0, 0.1) is 0 Å². The second-order valence-corrected chi connectivity index (χ2v) is 4.93. The molecule has 110 valence electrons. The normalized spacial score (nSPS) is 11.5. The Kier molecular flexibility index (Phi) is 4.81. The fourth-order valence-electron chi connectivity index (χ4n) is 1.97. The lowest BCUT2D eigenvalue weighted by atomic mass is 10.1. The average Bonchev–Trinajstić information content (AvgIpc) is 2.95. The Morgan fingerprint density at radius 3 is 2.62 bits per heavy atom. The van der Waals surface area contributed by atoms with Crippen molar-refractivity contribution in [2.24, 2.45) is 0 Å². The van der Waals surface area contributed by atoms with Crippen molar-refractivity contribution in [3.8, 4) is 5.69 Å². The van der Waals surface area contributed by atoms with E-state index >= 15 is 0 Å². The number of nitrogens with zero attached hydrogens (tertiary/aromatic N) is 5. The van der Waals surface area contributed by atoms with E-state index in [2.05, 4.69) is 15.5 Å². The standard InChI is InChI=1S/C15H19N5O/c1-4-8-14(21)13(11-19(2)3)15-16-17-18-20(15)12-9-6-5-7-10-12/h5-7,9-11H,4,8H2,1-3H3/b13-11+. The molecule has 0 aliphatic carbocycles. The van der Waals surface area contributed by atoms with Crippen LogP contribution in [0.3, 0.4) is 0 Å². The Labute approximate surface area is 124 Å². The fourth-order valence-corrected chi connectivity index (χ4v) is 1.97. The molecule has 1 heterocycles. The molecule has 1 aromatic heterocycles. The predicted octanol–water partition coefficient (Wildman–Crippen LogP) is 1.93. The van der Waals surface area contributed by atoms with Gasteiger partial charge >= 0.3 is 0 Å². The number of aromatic nitrogens is 4. The van der Waals surface area contributed by atoms with Gasteiger partial charge in [0.1, 0.15) is 0 Å². The Morgan fingerprint density at radius 2 is 2.00 bits per heavy atom. The van der Waals surface area contributed by atoms with E-state index in [9.17, 15) is 4.79 Å². The van der Waals surface area contributed by atoms with Crippen molar-refractivity contribution in [3.05, 3.63) is 42.4 Å². The van der Waals surface area contributed by atoms with Gasteiger partial charge in [0, 0.05) is 26.7 Å². The molecule has 0 saturated carbocycles. The third-order valence-electron chi connectivity index (χ3n) is 2.88. The summed E-state index contributed by atoms with van der Waals surface area (Å²) >= 11 is 0. The molecule has 0 aliphatic rings. The van der Waals surface area contributed by atoms with E-state index in [0.717, 1.165) is 12.1 Å². The summed E-state index contributed by atoms with van der Waals surface area (Å²) in [5, 5.41) is 11.8. The topological polar surface area (TPSA) is 63.9 Å². The van der Waals surface area contributed by atoms with Crippen LogP contribution in [0.15, 0.2) is 36.5 Å². The molecule has 0 spiro atoms. The first-order valence-electron chi connectivity index (χ1n) is 6.89. The molecule has 0 N–H and O–H groups in total. The summed E-state index contributed by atoms with van der Waals surface area (Å²) in [5.74, 6) is 0.506. The first-order chi connectivity index (χ1) is 10.1. The lowest BCUT2D eigenvalue weighted by Crippen LogP contribution is -2.13. The zero-order valence-electron chi connectivity index (χ0n) is 12.5. The highest BCUT2D eigenvalue weighted by Gasteiger charge is 2.19. The van der Waals surface area contributed by atoms with Gasteiger partial charge in [0.15, 0.2) is 11.6 Å². The van der Waals surface area contributed by atoms with Gasteiger partial charge in [-0.05, 0) is 29.0 Å². The van der Waals surface area contributed by atoms with E-state index < -0.39 is 0 Å². The molecule has 6 heteroatoms. The van der Waals surface area contributed by atoms with Gasteiger partial charge in [-0.1, -0.05) is 25.1 Å². The highest BCUT2D eigenvalue weighted by atomic mass is 16.1. The average molecular weight is 285 g/mol. The quantitative estimate of drug-likeness (QED) is 0.759. The number of benzene rings is 1. The summed E-state index contributed by atoms with van der Waals surface area (Å²) in [6.07, 6.45) is 3.03. The predicted molar refractivity (Wildman–Crippen MR) is 80.7 cm³/mol. The van der Waals surface area contributed by atoms with Gasteiger partial charge in [-0.15, -0.1) is 5.10 Å². The fraction of sp³-hybridized carbons (Fsp3) is 0.333. The van der Waals surface area contributed by atoms with E-state index in [-0.39, 0.29) is 5.78 Å². The Morgan fingerprint density at radius 1 is 1.29 bits per heavy atom. The van der Waals surface area contributed by atoms with Crippen LogP contribution in [0.25, 0.3) is 11.3 Å². The number of allylic oxidation sites excluding steroid dienone is 1. The smallest absolute Gasteiger partial charge is 0.192 e. The Bertz CT molecular complexity index is 631. The molecule has 1 aromatic carbocycles. The maximum absolute atomic E-state index is 12.4. The summed E-state index contributed by atoms with van der Waals surface area (Å²) in [4.78, 5) is 14.2. The summed E-state index contributed by atoms with van der Waals surface area (Å²) < 4.78 is 1.59. The number of rotatable bonds is 6. The van der Waals surface area contributed by atoms with Crippen LogP contribution in [0.4, 0.5) is 0 Å². The molecule has 6 nitrogen and oxygen atoms in total. The highest BCUT2D eigenvalue weighted by Crippen LogP contribution is 2.18. The molecule has 0 fully saturated rings. The molecule has 0 saturated heterocycles. The van der Waals surface area contributed by atoms with Crippen LogP contribution in [-0.4, -0.2) is 45.0 Å². The van der Waals surface area contributed by atoms with Gasteiger partial charge in [-0.25, -0.2) is 0 Å². The molecule has 0 aliphatic heterocycles. The number of para-hydroxylation sites is 1. The molecular weight excluding hydrogens is 266 g/mol.